The van der Waals surface area contributed by atoms with Gasteiger partial charge in [-0.2, -0.15) is 18.3 Å². The van der Waals surface area contributed by atoms with Gasteiger partial charge < -0.3 is 24.7 Å². The molecular formula is C27H31F5N6O4. The first-order valence-corrected chi connectivity index (χ1v) is 13.6. The maximum absolute atomic E-state index is 14.0. The van der Waals surface area contributed by atoms with Crippen molar-refractivity contribution in [1.82, 2.24) is 30.3 Å². The summed E-state index contributed by atoms with van der Waals surface area (Å²) in [4.78, 5) is 31.3. The third-order valence-corrected chi connectivity index (χ3v) is 7.88. The van der Waals surface area contributed by atoms with Crippen LogP contribution in [0.2, 0.25) is 0 Å². The lowest BCUT2D eigenvalue weighted by Gasteiger charge is -2.32. The molecule has 2 aromatic heterocycles. The number of urea groups is 1. The van der Waals surface area contributed by atoms with Crippen LogP contribution in [0.3, 0.4) is 0 Å². The van der Waals surface area contributed by atoms with Gasteiger partial charge in [-0.05, 0) is 49.4 Å². The summed E-state index contributed by atoms with van der Waals surface area (Å²) in [6.07, 6.45) is -3.52. The minimum absolute atomic E-state index is 0.0751. The van der Waals surface area contributed by atoms with Crippen LogP contribution >= 0.6 is 0 Å². The van der Waals surface area contributed by atoms with E-state index in [2.05, 4.69) is 15.4 Å². The maximum atomic E-state index is 14.0. The van der Waals surface area contributed by atoms with Crippen LogP contribution < -0.4 is 10.6 Å². The Bertz CT molecular complexity index is 1430. The van der Waals surface area contributed by atoms with Crippen LogP contribution in [-0.2, 0) is 11.3 Å². The van der Waals surface area contributed by atoms with Crippen LogP contribution in [0.4, 0.5) is 26.7 Å². The number of rotatable bonds is 9. The Balaban J connectivity index is 1.45. The number of methoxy groups -OCH3 is 1. The van der Waals surface area contributed by atoms with Crippen molar-refractivity contribution in [1.29, 1.82) is 0 Å². The highest BCUT2D eigenvalue weighted by Crippen LogP contribution is 2.42. The van der Waals surface area contributed by atoms with E-state index in [1.54, 1.807) is 24.3 Å². The molecule has 228 valence electrons. The molecule has 15 heteroatoms. The van der Waals surface area contributed by atoms with E-state index in [1.165, 1.54) is 18.0 Å². The second kappa shape index (κ2) is 11.5. The Hall–Kier alpha value is -3.75. The Labute approximate surface area is 237 Å². The largest absolute Gasteiger partial charge is 0.438 e. The van der Waals surface area contributed by atoms with Gasteiger partial charge in [0.25, 0.3) is 5.91 Å². The van der Waals surface area contributed by atoms with E-state index < -0.39 is 48.7 Å². The number of ether oxygens (including phenoxy) is 1. The summed E-state index contributed by atoms with van der Waals surface area (Å²) < 4.78 is 80.6. The van der Waals surface area contributed by atoms with Crippen molar-refractivity contribution in [3.63, 3.8) is 0 Å². The molecule has 2 fully saturated rings. The number of carbonyl (C=O) groups is 2. The zero-order valence-electron chi connectivity index (χ0n) is 23.0. The quantitative estimate of drug-likeness (QED) is 0.336. The minimum atomic E-state index is -4.61. The van der Waals surface area contributed by atoms with Crippen molar-refractivity contribution >= 4 is 23.0 Å². The molecule has 1 saturated carbocycles. The van der Waals surface area contributed by atoms with E-state index in [1.807, 2.05) is 12.2 Å². The monoisotopic (exact) mass is 598 g/mol. The molecule has 0 spiro atoms. The number of aryl methyl sites for hydroxylation is 1. The Morgan fingerprint density at radius 1 is 1.26 bits per heavy atom. The molecule has 2 aliphatic rings. The molecule has 3 atom stereocenters. The number of halogens is 5. The zero-order chi connectivity index (χ0) is 30.2. The highest BCUT2D eigenvalue weighted by atomic mass is 19.4. The number of nitrogens with zero attached hydrogens (tertiary/aromatic N) is 4. The molecule has 0 radical (unpaired) electrons. The van der Waals surface area contributed by atoms with E-state index in [9.17, 15) is 31.5 Å². The van der Waals surface area contributed by atoms with Crippen molar-refractivity contribution < 1.29 is 40.7 Å². The number of benzene rings is 1. The number of aromatic nitrogens is 3. The average molecular weight is 599 g/mol. The number of nitrogens with one attached hydrogen (secondary N) is 2. The van der Waals surface area contributed by atoms with Gasteiger partial charge in [0, 0.05) is 32.7 Å². The average Bonchev–Trinajstić information content (AvgIpc) is 3.68. The predicted molar refractivity (Wildman–Crippen MR) is 139 cm³/mol. The normalized spacial score (nSPS) is 21.0. The van der Waals surface area contributed by atoms with E-state index in [0.717, 1.165) is 4.90 Å². The van der Waals surface area contributed by atoms with Crippen LogP contribution in [0.1, 0.15) is 66.6 Å². The maximum Gasteiger partial charge on any atom is 0.410 e. The number of hydrogen-bond acceptors (Lipinski definition) is 6. The minimum Gasteiger partial charge on any atom is -0.438 e. The molecule has 0 bridgehead atoms. The van der Waals surface area contributed by atoms with Crippen LogP contribution in [0, 0.1) is 5.92 Å². The van der Waals surface area contributed by atoms with Crippen molar-refractivity contribution in [3.8, 4) is 0 Å². The van der Waals surface area contributed by atoms with Gasteiger partial charge in [-0.25, -0.2) is 18.6 Å². The lowest BCUT2D eigenvalue weighted by molar-refractivity contribution is -0.150. The van der Waals surface area contributed by atoms with Crippen LogP contribution in [-0.4, -0.2) is 70.0 Å². The van der Waals surface area contributed by atoms with Gasteiger partial charge in [0.15, 0.2) is 5.58 Å². The Kier molecular flexibility index (Phi) is 8.14. The molecule has 2 N–H and O–H groups in total. The van der Waals surface area contributed by atoms with Crippen LogP contribution in [0.15, 0.2) is 34.9 Å². The second-order valence-corrected chi connectivity index (χ2v) is 10.6. The van der Waals surface area contributed by atoms with Gasteiger partial charge in [-0.3, -0.25) is 9.48 Å². The third-order valence-electron chi connectivity index (χ3n) is 7.88. The van der Waals surface area contributed by atoms with Gasteiger partial charge in [-0.15, -0.1) is 0 Å². The van der Waals surface area contributed by atoms with Crippen LogP contribution in [0.25, 0.3) is 11.1 Å². The standard InChI is InChI=1S/C27H31F5N6O4/c1-3-38-18(8-11-33-38)23(39)36-22(15-6-9-26(28,29)10-7-15)24-34-17-12-16(4-5-20(17)42-24)19(14-41-2)37-13-21(27(30,31)32)35-25(37)40/h4-5,8,11-12,15,19,21-22H,3,6-7,9-10,13-14H2,1-2H3,(H,35,40)(H,36,39)/t19-,21+,22+/m1/s1. The molecule has 3 amide bonds. The summed E-state index contributed by atoms with van der Waals surface area (Å²) in [6, 6.07) is 1.75. The van der Waals surface area contributed by atoms with E-state index >= 15 is 0 Å². The SMILES string of the molecule is CCn1nccc1C(=O)N[C@H](c1nc2cc([C@@H](COC)N3C[C@@H](C(F)(F)F)NC3=O)ccc2o1)C1CCC(F)(F)CC1. The molecule has 0 unspecified atom stereocenters. The predicted octanol–water partition coefficient (Wildman–Crippen LogP) is 4.98. The molecule has 1 aliphatic carbocycles. The lowest BCUT2D eigenvalue weighted by atomic mass is 9.82. The van der Waals surface area contributed by atoms with Crippen molar-refractivity contribution in [2.24, 2.45) is 5.92 Å². The zero-order valence-corrected chi connectivity index (χ0v) is 23.0. The molecule has 3 heterocycles. The Morgan fingerprint density at radius 2 is 2.00 bits per heavy atom. The number of oxazole rings is 1. The summed E-state index contributed by atoms with van der Waals surface area (Å²) in [7, 11) is 1.38. The third kappa shape index (κ3) is 6.05. The molecule has 10 nitrogen and oxygen atoms in total. The van der Waals surface area contributed by atoms with Crippen molar-refractivity contribution in [2.45, 2.75) is 69.4 Å². The van der Waals surface area contributed by atoms with E-state index in [0.29, 0.717) is 28.9 Å². The molecule has 1 saturated heterocycles. The van der Waals surface area contributed by atoms with E-state index in [4.69, 9.17) is 9.15 Å². The highest BCUT2D eigenvalue weighted by molar-refractivity contribution is 5.92. The van der Waals surface area contributed by atoms with Gasteiger partial charge in [0.1, 0.15) is 23.3 Å². The summed E-state index contributed by atoms with van der Waals surface area (Å²) in [6.45, 7) is 1.61. The van der Waals surface area contributed by atoms with Crippen molar-refractivity contribution in [3.05, 3.63) is 47.6 Å². The van der Waals surface area contributed by atoms with Crippen LogP contribution in [0.5, 0.6) is 0 Å². The number of amides is 3. The van der Waals surface area contributed by atoms with E-state index in [-0.39, 0.29) is 44.1 Å². The summed E-state index contributed by atoms with van der Waals surface area (Å²) in [5.41, 5.74) is 1.41. The summed E-state index contributed by atoms with van der Waals surface area (Å²) >= 11 is 0. The molecule has 3 aromatic rings. The lowest BCUT2D eigenvalue weighted by Crippen LogP contribution is -2.40. The first kappa shape index (κ1) is 29.7. The molecule has 1 aliphatic heterocycles. The fourth-order valence-electron chi connectivity index (χ4n) is 5.61. The van der Waals surface area contributed by atoms with Gasteiger partial charge >= 0.3 is 12.2 Å². The van der Waals surface area contributed by atoms with Gasteiger partial charge in [0.05, 0.1) is 19.2 Å². The number of hydrogen-bond donors (Lipinski definition) is 2. The first-order valence-electron chi connectivity index (χ1n) is 13.6. The molecule has 1 aromatic carbocycles. The topological polar surface area (TPSA) is 115 Å². The molecule has 42 heavy (non-hydrogen) atoms. The van der Waals surface area contributed by atoms with Crippen molar-refractivity contribution in [2.75, 3.05) is 20.3 Å². The Morgan fingerprint density at radius 3 is 2.64 bits per heavy atom. The fourth-order valence-corrected chi connectivity index (χ4v) is 5.61. The second-order valence-electron chi connectivity index (χ2n) is 10.6. The molecular weight excluding hydrogens is 567 g/mol. The number of carbonyl (C=O) groups excluding carboxylic acids is 2. The van der Waals surface area contributed by atoms with Gasteiger partial charge in [0.2, 0.25) is 11.8 Å². The smallest absolute Gasteiger partial charge is 0.410 e. The van der Waals surface area contributed by atoms with Gasteiger partial charge in [-0.1, -0.05) is 6.07 Å². The number of alkyl halides is 5. The molecule has 5 rings (SSSR count). The highest BCUT2D eigenvalue weighted by Gasteiger charge is 2.48. The number of fused-ring (bicyclic) bond motifs is 1. The first-order chi connectivity index (χ1) is 19.9. The summed E-state index contributed by atoms with van der Waals surface area (Å²) in [5, 5.41) is 8.98. The fraction of sp³-hybridized carbons (Fsp3) is 0.556. The summed E-state index contributed by atoms with van der Waals surface area (Å²) in [5.74, 6) is -3.51.